The number of carbonyl (C=O) groups excluding carboxylic acids is 2. The topological polar surface area (TPSA) is 106 Å². The predicted molar refractivity (Wildman–Crippen MR) is 157 cm³/mol. The van der Waals surface area contributed by atoms with Gasteiger partial charge in [0.1, 0.15) is 17.7 Å². The van der Waals surface area contributed by atoms with Crippen molar-refractivity contribution in [3.8, 4) is 11.1 Å². The van der Waals surface area contributed by atoms with Crippen molar-refractivity contribution in [1.82, 2.24) is 9.80 Å². The number of methoxy groups -OCH3 is 1. The highest BCUT2D eigenvalue weighted by atomic mass is 16.6. The Kier molecular flexibility index (Phi) is 7.77. The number of carbonyl (C=O) groups is 3. The summed E-state index contributed by atoms with van der Waals surface area (Å²) in [5.74, 6) is -1.25. The average molecular weight is 579 g/mol. The smallest absolute Gasteiger partial charge is 0.411 e. The Morgan fingerprint density at radius 3 is 2.07 bits per heavy atom. The summed E-state index contributed by atoms with van der Waals surface area (Å²) in [6, 6.07) is 15.8. The third-order valence-electron chi connectivity index (χ3n) is 8.98. The van der Waals surface area contributed by atoms with Crippen molar-refractivity contribution in [3.05, 3.63) is 59.7 Å². The lowest BCUT2D eigenvalue weighted by Gasteiger charge is -2.56. The minimum atomic E-state index is -1.56. The zero-order chi connectivity index (χ0) is 30.4. The molecule has 2 fully saturated rings. The number of amides is 2. The van der Waals surface area contributed by atoms with Gasteiger partial charge in [0.15, 0.2) is 0 Å². The van der Waals surface area contributed by atoms with Crippen LogP contribution >= 0.6 is 0 Å². The first-order valence-corrected chi connectivity index (χ1v) is 14.7. The molecule has 1 saturated carbocycles. The van der Waals surface area contributed by atoms with Crippen molar-refractivity contribution in [1.29, 1.82) is 0 Å². The van der Waals surface area contributed by atoms with Crippen LogP contribution < -0.4 is 0 Å². The fraction of sp³-hybridized carbons (Fsp3) is 0.545. The predicted octanol–water partition coefficient (Wildman–Crippen LogP) is 6.05. The number of hydrogen-bond acceptors (Lipinski definition) is 6. The summed E-state index contributed by atoms with van der Waals surface area (Å²) >= 11 is 0. The molecule has 1 aliphatic heterocycles. The van der Waals surface area contributed by atoms with Gasteiger partial charge in [-0.15, -0.1) is 0 Å². The largest absolute Gasteiger partial charge is 0.479 e. The van der Waals surface area contributed by atoms with E-state index in [1.165, 1.54) is 4.90 Å². The van der Waals surface area contributed by atoms with Gasteiger partial charge < -0.3 is 24.2 Å². The minimum absolute atomic E-state index is 0.0346. The Morgan fingerprint density at radius 2 is 1.57 bits per heavy atom. The van der Waals surface area contributed by atoms with Gasteiger partial charge in [-0.2, -0.15) is 0 Å². The van der Waals surface area contributed by atoms with Gasteiger partial charge in [0, 0.05) is 37.6 Å². The summed E-state index contributed by atoms with van der Waals surface area (Å²) < 4.78 is 17.2. The van der Waals surface area contributed by atoms with Gasteiger partial charge in [-0.1, -0.05) is 48.5 Å². The number of ether oxygens (including phenoxy) is 3. The number of likely N-dealkylation sites (tertiary alicyclic amines) is 1. The van der Waals surface area contributed by atoms with Gasteiger partial charge in [-0.3, -0.25) is 4.90 Å². The van der Waals surface area contributed by atoms with Crippen molar-refractivity contribution in [2.45, 2.75) is 95.0 Å². The number of hydrogen-bond donors (Lipinski definition) is 1. The number of fused-ring (bicyclic) bond motifs is 3. The molecule has 42 heavy (non-hydrogen) atoms. The highest BCUT2D eigenvalue weighted by Crippen LogP contribution is 2.46. The second kappa shape index (κ2) is 10.9. The van der Waals surface area contributed by atoms with E-state index >= 15 is 0 Å². The first kappa shape index (κ1) is 29.9. The summed E-state index contributed by atoms with van der Waals surface area (Å²) in [6.45, 7) is 9.25. The number of benzene rings is 2. The van der Waals surface area contributed by atoms with E-state index in [0.29, 0.717) is 12.8 Å². The van der Waals surface area contributed by atoms with Crippen molar-refractivity contribution in [2.24, 2.45) is 0 Å². The highest BCUT2D eigenvalue weighted by Gasteiger charge is 2.59. The molecule has 1 unspecified atom stereocenters. The van der Waals surface area contributed by atoms with E-state index in [0.717, 1.165) is 22.3 Å². The summed E-state index contributed by atoms with van der Waals surface area (Å²) in [5.41, 5.74) is 1.25. The number of rotatable bonds is 6. The summed E-state index contributed by atoms with van der Waals surface area (Å²) in [5, 5.41) is 10.8. The molecule has 1 heterocycles. The average Bonchev–Trinajstić information content (AvgIpc) is 3.20. The van der Waals surface area contributed by atoms with Gasteiger partial charge in [0.2, 0.25) is 0 Å². The standard InChI is InChI=1S/C33H42N2O7/c1-31(2,3)42-29(38)34-16-15-33(28(36)37,20-32(34,4)5)35(21-17-22(18-21)40-6)30(39)41-19-27-25-13-9-7-11-23(25)24-12-8-10-14-26(24)27/h7-14,21-22,27H,15-20H2,1-6H3,(H,36,37). The van der Waals surface area contributed by atoms with Gasteiger partial charge in [-0.25, -0.2) is 14.4 Å². The Balaban J connectivity index is 1.42. The van der Waals surface area contributed by atoms with E-state index in [1.807, 2.05) is 50.2 Å². The normalized spacial score (nSPS) is 24.7. The number of nitrogens with zero attached hydrogens (tertiary/aromatic N) is 2. The van der Waals surface area contributed by atoms with Crippen LogP contribution in [-0.2, 0) is 19.0 Å². The van der Waals surface area contributed by atoms with Crippen LogP contribution in [0, 0.1) is 0 Å². The zero-order valence-electron chi connectivity index (χ0n) is 25.4. The van der Waals surface area contributed by atoms with Crippen LogP contribution in [0.1, 0.15) is 77.3 Å². The Morgan fingerprint density at radius 1 is 1.00 bits per heavy atom. The third-order valence-corrected chi connectivity index (χ3v) is 8.98. The van der Waals surface area contributed by atoms with Crippen molar-refractivity contribution >= 4 is 18.2 Å². The Labute approximate surface area is 247 Å². The number of aliphatic carboxylic acids is 1. The van der Waals surface area contributed by atoms with Crippen molar-refractivity contribution in [2.75, 3.05) is 20.3 Å². The van der Waals surface area contributed by atoms with Crippen molar-refractivity contribution < 1.29 is 33.7 Å². The van der Waals surface area contributed by atoms with Crippen LogP contribution in [0.4, 0.5) is 9.59 Å². The minimum Gasteiger partial charge on any atom is -0.479 e. The molecule has 0 radical (unpaired) electrons. The lowest BCUT2D eigenvalue weighted by molar-refractivity contribution is -0.165. The van der Waals surface area contributed by atoms with Gasteiger partial charge >= 0.3 is 18.2 Å². The molecule has 1 saturated heterocycles. The molecule has 0 aromatic heterocycles. The van der Waals surface area contributed by atoms with Crippen LogP contribution in [0.25, 0.3) is 11.1 Å². The van der Waals surface area contributed by atoms with Crippen LogP contribution in [0.5, 0.6) is 0 Å². The maximum atomic E-state index is 14.1. The summed E-state index contributed by atoms with van der Waals surface area (Å²) in [7, 11) is 1.62. The first-order chi connectivity index (χ1) is 19.8. The molecule has 1 atom stereocenters. The van der Waals surface area contributed by atoms with E-state index in [9.17, 15) is 19.5 Å². The monoisotopic (exact) mass is 578 g/mol. The molecule has 5 rings (SSSR count). The quantitative estimate of drug-likeness (QED) is 0.445. The molecule has 0 bridgehead atoms. The maximum absolute atomic E-state index is 14.1. The fourth-order valence-electron chi connectivity index (χ4n) is 6.92. The number of carboxylic acids is 1. The molecule has 1 N–H and O–H groups in total. The van der Waals surface area contributed by atoms with Gasteiger partial charge in [0.25, 0.3) is 0 Å². The lowest BCUT2D eigenvalue weighted by Crippen LogP contribution is -2.71. The molecule has 2 aromatic carbocycles. The number of carboxylic acid groups (broad SMARTS) is 1. The van der Waals surface area contributed by atoms with Crippen molar-refractivity contribution in [3.63, 3.8) is 0 Å². The fourth-order valence-corrected chi connectivity index (χ4v) is 6.92. The molecular formula is C33H42N2O7. The Bertz CT molecular complexity index is 1310. The van der Waals surface area contributed by atoms with E-state index in [4.69, 9.17) is 14.2 Å². The van der Waals surface area contributed by atoms with Gasteiger partial charge in [-0.05, 0) is 76.1 Å². The Hall–Kier alpha value is -3.59. The van der Waals surface area contributed by atoms with E-state index in [1.54, 1.807) is 32.8 Å². The molecular weight excluding hydrogens is 536 g/mol. The third kappa shape index (κ3) is 5.35. The van der Waals surface area contributed by atoms with Crippen LogP contribution in [-0.4, -0.2) is 82.1 Å². The molecule has 3 aliphatic rings. The summed E-state index contributed by atoms with van der Waals surface area (Å²) in [4.78, 5) is 43.4. The molecule has 0 spiro atoms. The second-order valence-electron chi connectivity index (χ2n) is 13.4. The lowest BCUT2D eigenvalue weighted by atomic mass is 9.73. The second-order valence-corrected chi connectivity index (χ2v) is 13.4. The van der Waals surface area contributed by atoms with Gasteiger partial charge in [0.05, 0.1) is 6.10 Å². The van der Waals surface area contributed by atoms with Crippen LogP contribution in [0.3, 0.4) is 0 Å². The molecule has 226 valence electrons. The molecule has 9 nitrogen and oxygen atoms in total. The first-order valence-electron chi connectivity index (χ1n) is 14.7. The van der Waals surface area contributed by atoms with Crippen LogP contribution in [0.2, 0.25) is 0 Å². The summed E-state index contributed by atoms with van der Waals surface area (Å²) in [6.07, 6.45) is -0.0732. The molecule has 2 amide bonds. The molecule has 9 heteroatoms. The maximum Gasteiger partial charge on any atom is 0.411 e. The zero-order valence-corrected chi connectivity index (χ0v) is 25.4. The number of piperidine rings is 1. The van der Waals surface area contributed by atoms with Crippen LogP contribution in [0.15, 0.2) is 48.5 Å². The molecule has 2 aromatic rings. The molecule has 2 aliphatic carbocycles. The van der Waals surface area contributed by atoms with E-state index in [-0.39, 0.29) is 44.1 Å². The van der Waals surface area contributed by atoms with E-state index < -0.39 is 34.8 Å². The van der Waals surface area contributed by atoms with E-state index in [2.05, 4.69) is 12.1 Å². The highest BCUT2D eigenvalue weighted by molar-refractivity contribution is 5.86. The SMILES string of the molecule is COC1CC(N(C(=O)OCC2c3ccccc3-c3ccccc32)C2(C(=O)O)CCN(C(=O)OC(C)(C)C)C(C)(C)C2)C1.